The standard InChI is InChI=1S/C31H38N8O2/c1-4-15-37-29(40)25-17-32-30(35-28(25)39(37)27-10-6-9-26(34-27)31(2,3)41)33-20-11-13-21(14-12-20)36-18-23-16-24(19-36)38(23)22-7-5-8-22/h4,6,9-14,17,22-24,29,40-41H,1,5,7-8,15-16,18-19H2,2-3H3,(H,32,33,35). The van der Waals surface area contributed by atoms with Crippen molar-refractivity contribution in [2.45, 2.75) is 69.5 Å². The average Bonchev–Trinajstić information content (AvgIpc) is 3.21. The minimum Gasteiger partial charge on any atom is -0.384 e. The summed E-state index contributed by atoms with van der Waals surface area (Å²) in [6.07, 6.45) is 7.90. The first kappa shape index (κ1) is 26.3. The number of hydrogen-bond acceptors (Lipinski definition) is 10. The van der Waals surface area contributed by atoms with E-state index in [1.807, 2.05) is 12.1 Å². The molecule has 6 heterocycles. The van der Waals surface area contributed by atoms with Gasteiger partial charge >= 0.3 is 0 Å². The van der Waals surface area contributed by atoms with E-state index in [0.717, 1.165) is 24.8 Å². The molecule has 0 radical (unpaired) electrons. The third-order valence-electron chi connectivity index (χ3n) is 8.94. The monoisotopic (exact) mass is 554 g/mol. The third kappa shape index (κ3) is 4.64. The molecule has 0 amide bonds. The quantitative estimate of drug-likeness (QED) is 0.351. The summed E-state index contributed by atoms with van der Waals surface area (Å²) in [5.74, 6) is 1.48. The van der Waals surface area contributed by atoms with Gasteiger partial charge in [-0.25, -0.2) is 15.0 Å². The predicted molar refractivity (Wildman–Crippen MR) is 159 cm³/mol. The second-order valence-corrected chi connectivity index (χ2v) is 12.2. The van der Waals surface area contributed by atoms with Crippen LogP contribution in [-0.4, -0.2) is 72.8 Å². The van der Waals surface area contributed by atoms with Crippen molar-refractivity contribution < 1.29 is 10.2 Å². The average molecular weight is 555 g/mol. The van der Waals surface area contributed by atoms with Crippen molar-refractivity contribution in [1.29, 1.82) is 0 Å². The van der Waals surface area contributed by atoms with E-state index >= 15 is 0 Å². The van der Waals surface area contributed by atoms with E-state index in [4.69, 9.17) is 9.97 Å². The van der Waals surface area contributed by atoms with Gasteiger partial charge in [0, 0.05) is 55.3 Å². The van der Waals surface area contributed by atoms with Crippen LogP contribution < -0.4 is 15.2 Å². The lowest BCUT2D eigenvalue weighted by Gasteiger charge is -2.61. The number of pyridine rings is 1. The number of nitrogens with zero attached hydrogens (tertiary/aromatic N) is 7. The molecule has 4 fully saturated rings. The Balaban J connectivity index is 1.10. The molecule has 5 aliphatic rings. The number of fused-ring (bicyclic) bond motifs is 3. The maximum atomic E-state index is 11.1. The van der Waals surface area contributed by atoms with Gasteiger partial charge in [-0.3, -0.25) is 4.90 Å². The molecule has 10 nitrogen and oxygen atoms in total. The minimum absolute atomic E-state index is 0.368. The van der Waals surface area contributed by atoms with Crippen molar-refractivity contribution in [2.75, 3.05) is 34.9 Å². The fourth-order valence-electron chi connectivity index (χ4n) is 6.64. The Hall–Kier alpha value is -3.57. The van der Waals surface area contributed by atoms with Gasteiger partial charge in [0.1, 0.15) is 11.4 Å². The summed E-state index contributed by atoms with van der Waals surface area (Å²) in [6.45, 7) is 9.82. The van der Waals surface area contributed by atoms with Crippen molar-refractivity contribution in [1.82, 2.24) is 24.9 Å². The maximum absolute atomic E-state index is 11.1. The van der Waals surface area contributed by atoms with Gasteiger partial charge in [-0.1, -0.05) is 18.6 Å². The summed E-state index contributed by atoms with van der Waals surface area (Å²) >= 11 is 0. The Bertz CT molecular complexity index is 1420. The molecule has 1 saturated carbocycles. The fraction of sp³-hybridized carbons (Fsp3) is 0.452. The Morgan fingerprint density at radius 2 is 1.80 bits per heavy atom. The van der Waals surface area contributed by atoms with Gasteiger partial charge < -0.3 is 20.4 Å². The van der Waals surface area contributed by atoms with Crippen molar-refractivity contribution >= 4 is 29.0 Å². The van der Waals surface area contributed by atoms with Crippen LogP contribution in [-0.2, 0) is 5.60 Å². The van der Waals surface area contributed by atoms with Crippen LogP contribution >= 0.6 is 0 Å². The number of anilines is 5. The van der Waals surface area contributed by atoms with Crippen LogP contribution in [0.25, 0.3) is 0 Å². The summed E-state index contributed by atoms with van der Waals surface area (Å²) in [7, 11) is 0. The molecule has 214 valence electrons. The zero-order chi connectivity index (χ0) is 28.3. The molecular formula is C31H38N8O2. The van der Waals surface area contributed by atoms with E-state index in [2.05, 4.69) is 50.9 Å². The van der Waals surface area contributed by atoms with Gasteiger partial charge in [0.25, 0.3) is 0 Å². The van der Waals surface area contributed by atoms with Gasteiger partial charge in [-0.15, -0.1) is 6.58 Å². The van der Waals surface area contributed by atoms with Crippen LogP contribution in [0.15, 0.2) is 61.3 Å². The van der Waals surface area contributed by atoms with Crippen molar-refractivity contribution in [3.8, 4) is 0 Å². The zero-order valence-electron chi connectivity index (χ0n) is 23.7. The summed E-state index contributed by atoms with van der Waals surface area (Å²) in [5, 5.41) is 28.5. The summed E-state index contributed by atoms with van der Waals surface area (Å²) in [6, 6.07) is 16.2. The van der Waals surface area contributed by atoms with Crippen molar-refractivity contribution in [2.24, 2.45) is 0 Å². The third-order valence-corrected chi connectivity index (χ3v) is 8.94. The van der Waals surface area contributed by atoms with Crippen molar-refractivity contribution in [3.63, 3.8) is 0 Å². The fourth-order valence-corrected chi connectivity index (χ4v) is 6.64. The highest BCUT2D eigenvalue weighted by Crippen LogP contribution is 2.43. The molecule has 10 heteroatoms. The Kier molecular flexibility index (Phi) is 6.46. The number of aliphatic hydroxyl groups excluding tert-OH is 1. The lowest BCUT2D eigenvalue weighted by atomic mass is 9.79. The Morgan fingerprint density at radius 1 is 1.05 bits per heavy atom. The molecule has 41 heavy (non-hydrogen) atoms. The molecule has 1 aromatic carbocycles. The lowest BCUT2D eigenvalue weighted by molar-refractivity contribution is -0.0631. The number of aromatic nitrogens is 3. The van der Waals surface area contributed by atoms with Crippen molar-refractivity contribution in [3.05, 3.63) is 72.6 Å². The van der Waals surface area contributed by atoms with Crippen LogP contribution in [0.5, 0.6) is 0 Å². The van der Waals surface area contributed by atoms with E-state index in [0.29, 0.717) is 47.5 Å². The normalized spacial score (nSPS) is 24.5. The lowest BCUT2D eigenvalue weighted by Crippen LogP contribution is -2.72. The SMILES string of the molecule is C=CCN1C(O)c2cnc(Nc3ccc(N4CC5CC(C4)N5C4CCC4)cc3)nc2N1c1cccc(C(C)(C)O)n1. The summed E-state index contributed by atoms with van der Waals surface area (Å²) in [4.78, 5) is 19.3. The highest BCUT2D eigenvalue weighted by molar-refractivity contribution is 5.66. The number of aliphatic hydroxyl groups is 2. The van der Waals surface area contributed by atoms with Gasteiger partial charge in [-0.05, 0) is 69.5 Å². The number of rotatable bonds is 8. The topological polar surface area (TPSA) is 104 Å². The summed E-state index contributed by atoms with van der Waals surface area (Å²) in [5.41, 5.74) is 2.12. The largest absolute Gasteiger partial charge is 0.384 e. The highest BCUT2D eigenvalue weighted by Gasteiger charge is 2.48. The van der Waals surface area contributed by atoms with E-state index in [1.54, 1.807) is 42.2 Å². The number of hydrogen-bond donors (Lipinski definition) is 3. The van der Waals surface area contributed by atoms with Gasteiger partial charge in [0.15, 0.2) is 12.0 Å². The molecule has 2 bridgehead atoms. The molecule has 3 atom stereocenters. The van der Waals surface area contributed by atoms with Crippen LogP contribution in [0, 0.1) is 0 Å². The van der Waals surface area contributed by atoms with Gasteiger partial charge in [0.05, 0.1) is 11.3 Å². The number of nitrogens with one attached hydrogen (secondary N) is 1. The number of piperazine rings is 1. The van der Waals surface area contributed by atoms with E-state index < -0.39 is 11.8 Å². The predicted octanol–water partition coefficient (Wildman–Crippen LogP) is 4.20. The first-order valence-electron chi connectivity index (χ1n) is 14.6. The molecule has 0 spiro atoms. The number of hydrazine groups is 1. The maximum Gasteiger partial charge on any atom is 0.229 e. The number of piperidine rings is 1. The van der Waals surface area contributed by atoms with E-state index in [-0.39, 0.29) is 0 Å². The molecule has 2 aromatic heterocycles. The van der Waals surface area contributed by atoms with E-state index in [1.165, 1.54) is 31.4 Å². The molecule has 3 N–H and O–H groups in total. The smallest absolute Gasteiger partial charge is 0.229 e. The molecule has 3 unspecified atom stereocenters. The molecule has 3 aromatic rings. The zero-order valence-corrected chi connectivity index (χ0v) is 23.7. The first-order valence-corrected chi connectivity index (χ1v) is 14.6. The molecule has 4 aliphatic heterocycles. The Morgan fingerprint density at radius 3 is 2.46 bits per heavy atom. The van der Waals surface area contributed by atoms with Crippen LogP contribution in [0.1, 0.15) is 57.0 Å². The summed E-state index contributed by atoms with van der Waals surface area (Å²) < 4.78 is 0. The molecular weight excluding hydrogens is 516 g/mol. The van der Waals surface area contributed by atoms with Crippen LogP contribution in [0.3, 0.4) is 0 Å². The Labute approximate surface area is 240 Å². The molecule has 8 rings (SSSR count). The van der Waals surface area contributed by atoms with Crippen LogP contribution in [0.2, 0.25) is 0 Å². The second-order valence-electron chi connectivity index (χ2n) is 12.2. The number of benzene rings is 1. The molecule has 1 aliphatic carbocycles. The highest BCUT2D eigenvalue weighted by atomic mass is 16.3. The van der Waals surface area contributed by atoms with Gasteiger partial charge in [0.2, 0.25) is 5.95 Å². The van der Waals surface area contributed by atoms with E-state index in [9.17, 15) is 10.2 Å². The van der Waals surface area contributed by atoms with Gasteiger partial charge in [-0.2, -0.15) is 9.99 Å². The minimum atomic E-state index is -1.12. The molecule has 3 saturated heterocycles. The first-order chi connectivity index (χ1) is 19.8. The van der Waals surface area contributed by atoms with Crippen LogP contribution in [0.4, 0.5) is 29.0 Å². The second kappa shape index (κ2) is 10.1.